The van der Waals surface area contributed by atoms with Crippen LogP contribution >= 0.6 is 11.3 Å². The Labute approximate surface area is 181 Å². The van der Waals surface area contributed by atoms with Gasteiger partial charge in [0.2, 0.25) is 0 Å². The summed E-state index contributed by atoms with van der Waals surface area (Å²) in [5.74, 6) is -0.304. The quantitative estimate of drug-likeness (QED) is 0.544. The van der Waals surface area contributed by atoms with Crippen molar-refractivity contribution in [3.05, 3.63) is 82.0 Å². The van der Waals surface area contributed by atoms with Crippen LogP contribution in [0.25, 0.3) is 0 Å². The largest absolute Gasteiger partial charge is 0.497 e. The van der Waals surface area contributed by atoms with Gasteiger partial charge in [-0.25, -0.2) is 8.42 Å². The molecule has 0 aliphatic carbocycles. The van der Waals surface area contributed by atoms with Crippen LogP contribution < -0.4 is 10.1 Å². The van der Waals surface area contributed by atoms with Crippen LogP contribution in [0.2, 0.25) is 0 Å². The van der Waals surface area contributed by atoms with Crippen molar-refractivity contribution in [2.75, 3.05) is 13.7 Å². The molecule has 0 saturated heterocycles. The van der Waals surface area contributed by atoms with Crippen LogP contribution in [-0.2, 0) is 16.0 Å². The van der Waals surface area contributed by atoms with Gasteiger partial charge in [-0.05, 0) is 53.9 Å². The first-order chi connectivity index (χ1) is 14.6. The molecule has 3 aromatic rings. The van der Waals surface area contributed by atoms with Gasteiger partial charge in [0.25, 0.3) is 5.91 Å². The van der Waals surface area contributed by atoms with Crippen molar-refractivity contribution < 1.29 is 31.1 Å². The summed E-state index contributed by atoms with van der Waals surface area (Å²) in [7, 11) is -2.44. The monoisotopic (exact) mass is 469 g/mol. The Morgan fingerprint density at radius 3 is 2.39 bits per heavy atom. The number of hydrogen-bond donors (Lipinski definition) is 1. The average Bonchev–Trinajstić information content (AvgIpc) is 3.27. The second-order valence-electron chi connectivity index (χ2n) is 6.51. The lowest BCUT2D eigenvalue weighted by molar-refractivity contribution is -0.137. The fourth-order valence-electron chi connectivity index (χ4n) is 2.89. The lowest BCUT2D eigenvalue weighted by Gasteiger charge is -2.18. The molecule has 1 atom stereocenters. The molecule has 5 nitrogen and oxygen atoms in total. The molecule has 0 fully saturated rings. The lowest BCUT2D eigenvalue weighted by Crippen LogP contribution is -2.31. The number of benzene rings is 2. The number of thiophene rings is 1. The Morgan fingerprint density at radius 2 is 1.81 bits per heavy atom. The number of ether oxygens (including phenoxy) is 1. The number of hydrogen-bond acceptors (Lipinski definition) is 5. The molecule has 10 heteroatoms. The van der Waals surface area contributed by atoms with Crippen molar-refractivity contribution in [3.8, 4) is 5.75 Å². The fraction of sp³-hybridized carbons (Fsp3) is 0.190. The zero-order chi connectivity index (χ0) is 22.6. The van der Waals surface area contributed by atoms with Crippen molar-refractivity contribution in [1.82, 2.24) is 5.32 Å². The smallest absolute Gasteiger partial charge is 0.416 e. The summed E-state index contributed by atoms with van der Waals surface area (Å²) in [6.45, 7) is -0.302. The third-order valence-electron chi connectivity index (χ3n) is 4.52. The minimum atomic E-state index is -4.59. The molecule has 3 rings (SSSR count). The maximum Gasteiger partial charge on any atom is 0.416 e. The average molecular weight is 470 g/mol. The van der Waals surface area contributed by atoms with Crippen molar-refractivity contribution in [3.63, 3.8) is 0 Å². The second kappa shape index (κ2) is 9.11. The van der Waals surface area contributed by atoms with E-state index >= 15 is 0 Å². The minimum Gasteiger partial charge on any atom is -0.497 e. The molecule has 0 bridgehead atoms. The second-order valence-corrected chi connectivity index (χ2v) is 9.62. The molecule has 0 spiro atoms. The predicted molar refractivity (Wildman–Crippen MR) is 111 cm³/mol. The molecule has 1 N–H and O–H groups in total. The molecule has 2 aromatic carbocycles. The Bertz CT molecular complexity index is 1140. The number of carbonyl (C=O) groups is 1. The first kappa shape index (κ1) is 22.8. The van der Waals surface area contributed by atoms with Gasteiger partial charge in [-0.1, -0.05) is 12.1 Å². The van der Waals surface area contributed by atoms with E-state index in [1.54, 1.807) is 17.5 Å². The summed E-state index contributed by atoms with van der Waals surface area (Å²) in [5.41, 5.74) is -1.16. The zero-order valence-electron chi connectivity index (χ0n) is 16.2. The number of alkyl halides is 3. The highest BCUT2D eigenvalue weighted by Crippen LogP contribution is 2.33. The Balaban J connectivity index is 1.85. The van der Waals surface area contributed by atoms with Gasteiger partial charge in [-0.3, -0.25) is 4.79 Å². The van der Waals surface area contributed by atoms with Gasteiger partial charge in [0.05, 0.1) is 17.6 Å². The van der Waals surface area contributed by atoms with Crippen molar-refractivity contribution >= 4 is 27.1 Å². The van der Waals surface area contributed by atoms with Crippen molar-refractivity contribution in [2.24, 2.45) is 0 Å². The summed E-state index contributed by atoms with van der Waals surface area (Å²) in [4.78, 5) is 13.0. The van der Waals surface area contributed by atoms with Crippen molar-refractivity contribution in [1.29, 1.82) is 0 Å². The highest BCUT2D eigenvalue weighted by molar-refractivity contribution is 7.91. The van der Waals surface area contributed by atoms with E-state index in [1.807, 2.05) is 0 Å². The van der Waals surface area contributed by atoms with E-state index in [9.17, 15) is 26.4 Å². The SMILES string of the molecule is COc1ccc(S(=O)(=O)[C@@H](CNC(=O)c2cccc(C(F)(F)F)c2)c2cccs2)cc1. The van der Waals surface area contributed by atoms with Gasteiger partial charge in [-0.15, -0.1) is 11.3 Å². The topological polar surface area (TPSA) is 72.5 Å². The van der Waals surface area contributed by atoms with E-state index < -0.39 is 32.7 Å². The Morgan fingerprint density at radius 1 is 1.10 bits per heavy atom. The van der Waals surface area contributed by atoms with E-state index in [0.29, 0.717) is 10.6 Å². The summed E-state index contributed by atoms with van der Waals surface area (Å²) >= 11 is 1.21. The van der Waals surface area contributed by atoms with Crippen LogP contribution in [0, 0.1) is 0 Å². The lowest BCUT2D eigenvalue weighted by atomic mass is 10.1. The molecule has 1 heterocycles. The highest BCUT2D eigenvalue weighted by atomic mass is 32.2. The van der Waals surface area contributed by atoms with Gasteiger partial charge >= 0.3 is 6.18 Å². The van der Waals surface area contributed by atoms with Gasteiger partial charge in [0, 0.05) is 17.0 Å². The predicted octanol–water partition coefficient (Wildman–Crippen LogP) is 4.72. The molecule has 31 heavy (non-hydrogen) atoms. The fourth-order valence-corrected chi connectivity index (χ4v) is 5.68. The summed E-state index contributed by atoms with van der Waals surface area (Å²) in [6, 6.07) is 13.1. The Kier molecular flexibility index (Phi) is 6.71. The van der Waals surface area contributed by atoms with E-state index in [1.165, 1.54) is 48.8 Å². The normalized spacial score (nSPS) is 12.9. The van der Waals surface area contributed by atoms with Crippen LogP contribution in [0.5, 0.6) is 5.75 Å². The van der Waals surface area contributed by atoms with Gasteiger partial charge in [0.15, 0.2) is 9.84 Å². The maximum absolute atomic E-state index is 13.2. The molecular weight excluding hydrogens is 451 g/mol. The molecular formula is C21H18F3NO4S2. The molecule has 0 aliphatic heterocycles. The van der Waals surface area contributed by atoms with Crippen LogP contribution in [-0.4, -0.2) is 28.0 Å². The van der Waals surface area contributed by atoms with Crippen molar-refractivity contribution in [2.45, 2.75) is 16.3 Å². The number of nitrogens with one attached hydrogen (secondary N) is 1. The van der Waals surface area contributed by atoms with Crippen LogP contribution in [0.1, 0.15) is 26.0 Å². The van der Waals surface area contributed by atoms with E-state index in [-0.39, 0.29) is 17.0 Å². The molecule has 0 aliphatic rings. The van der Waals surface area contributed by atoms with E-state index in [4.69, 9.17) is 4.74 Å². The summed E-state index contributed by atoms with van der Waals surface area (Å²) in [6.07, 6.45) is -4.59. The van der Waals surface area contributed by atoms with Crippen LogP contribution in [0.15, 0.2) is 70.9 Å². The number of carbonyl (C=O) groups excluding carboxylic acids is 1. The molecule has 1 amide bonds. The Hall–Kier alpha value is -2.85. The maximum atomic E-state index is 13.2. The van der Waals surface area contributed by atoms with Gasteiger partial charge in [-0.2, -0.15) is 13.2 Å². The number of halogens is 3. The van der Waals surface area contributed by atoms with E-state index in [0.717, 1.165) is 18.2 Å². The molecule has 0 unspecified atom stereocenters. The van der Waals surface area contributed by atoms with Gasteiger partial charge < -0.3 is 10.1 Å². The molecule has 0 saturated carbocycles. The number of rotatable bonds is 7. The van der Waals surface area contributed by atoms with Crippen LogP contribution in [0.3, 0.4) is 0 Å². The summed E-state index contributed by atoms with van der Waals surface area (Å²) in [5, 5.41) is 3.07. The number of amides is 1. The highest BCUT2D eigenvalue weighted by Gasteiger charge is 2.32. The molecule has 164 valence electrons. The van der Waals surface area contributed by atoms with Gasteiger partial charge in [0.1, 0.15) is 11.0 Å². The third-order valence-corrected chi connectivity index (χ3v) is 7.76. The number of sulfone groups is 1. The van der Waals surface area contributed by atoms with Crippen LogP contribution in [0.4, 0.5) is 13.2 Å². The summed E-state index contributed by atoms with van der Waals surface area (Å²) < 4.78 is 70.2. The number of methoxy groups -OCH3 is 1. The zero-order valence-corrected chi connectivity index (χ0v) is 17.9. The molecule has 1 aromatic heterocycles. The first-order valence-corrected chi connectivity index (χ1v) is 11.4. The molecule has 0 radical (unpaired) electrons. The standard InChI is InChI=1S/C21H18F3NO4S2/c1-29-16-7-9-17(10-8-16)31(27,28)19(18-6-3-11-30-18)13-25-20(26)14-4-2-5-15(12-14)21(22,23)24/h2-12,19H,13H2,1H3,(H,25,26)/t19-/m0/s1. The first-order valence-electron chi connectivity index (χ1n) is 8.99. The van der Waals surface area contributed by atoms with E-state index in [2.05, 4.69) is 5.32 Å². The third kappa shape index (κ3) is 5.26. The minimum absolute atomic E-state index is 0.0417.